The van der Waals surface area contributed by atoms with Gasteiger partial charge in [-0.25, -0.2) is 0 Å². The largest absolute Gasteiger partial charge is 0.370 e. The highest BCUT2D eigenvalue weighted by atomic mass is 16.5. The first-order valence-corrected chi connectivity index (χ1v) is 4.04. The SMILES string of the molecule is C1C[NH+](Cc2nnn[n-]2)CCO1. The van der Waals surface area contributed by atoms with Crippen molar-refractivity contribution in [3.05, 3.63) is 5.82 Å². The average molecular weight is 169 g/mol. The minimum Gasteiger partial charge on any atom is -0.370 e. The number of hydrogen-bond donors (Lipinski definition) is 1. The Bertz CT molecular complexity index is 218. The topological polar surface area (TPSA) is 66.4 Å². The van der Waals surface area contributed by atoms with Crippen LogP contribution in [-0.4, -0.2) is 41.8 Å². The normalized spacial score (nSPS) is 19.7. The Hall–Kier alpha value is -1.01. The molecular weight excluding hydrogens is 158 g/mol. The monoisotopic (exact) mass is 169 g/mol. The van der Waals surface area contributed by atoms with E-state index < -0.39 is 0 Å². The van der Waals surface area contributed by atoms with Crippen molar-refractivity contribution in [2.45, 2.75) is 6.54 Å². The van der Waals surface area contributed by atoms with Crippen molar-refractivity contribution in [3.8, 4) is 0 Å². The number of quaternary nitrogens is 1. The van der Waals surface area contributed by atoms with Gasteiger partial charge in [-0.05, 0) is 0 Å². The molecule has 0 spiro atoms. The second-order valence-corrected chi connectivity index (χ2v) is 2.83. The minimum atomic E-state index is 0.729. The Labute approximate surface area is 69.9 Å². The summed E-state index contributed by atoms with van der Waals surface area (Å²) in [7, 11) is 0. The number of rotatable bonds is 2. The summed E-state index contributed by atoms with van der Waals surface area (Å²) >= 11 is 0. The first-order chi connectivity index (χ1) is 5.95. The van der Waals surface area contributed by atoms with E-state index in [4.69, 9.17) is 4.74 Å². The van der Waals surface area contributed by atoms with Crippen LogP contribution in [0, 0.1) is 0 Å². The second-order valence-electron chi connectivity index (χ2n) is 2.83. The highest BCUT2D eigenvalue weighted by molar-refractivity contribution is 4.68. The van der Waals surface area contributed by atoms with Crippen molar-refractivity contribution in [1.82, 2.24) is 20.6 Å². The summed E-state index contributed by atoms with van der Waals surface area (Å²) in [5.74, 6) is 0.729. The third kappa shape index (κ3) is 1.77. The summed E-state index contributed by atoms with van der Waals surface area (Å²) in [5, 5.41) is 14.4. The number of nitrogens with zero attached hydrogens (tertiary/aromatic N) is 4. The molecule has 1 aromatic rings. The molecule has 0 bridgehead atoms. The number of nitrogens with one attached hydrogen (secondary N) is 1. The summed E-state index contributed by atoms with van der Waals surface area (Å²) in [6, 6.07) is 0. The minimum absolute atomic E-state index is 0.729. The maximum absolute atomic E-state index is 5.23. The van der Waals surface area contributed by atoms with E-state index in [9.17, 15) is 0 Å². The van der Waals surface area contributed by atoms with Crippen LogP contribution in [0.2, 0.25) is 0 Å². The lowest BCUT2D eigenvalue weighted by Crippen LogP contribution is -3.12. The Kier molecular flexibility index (Phi) is 2.28. The van der Waals surface area contributed by atoms with E-state index in [0.29, 0.717) is 0 Å². The van der Waals surface area contributed by atoms with Crippen LogP contribution in [0.1, 0.15) is 5.82 Å². The molecule has 0 saturated carbocycles. The molecule has 0 radical (unpaired) electrons. The molecule has 12 heavy (non-hydrogen) atoms. The van der Waals surface area contributed by atoms with Crippen LogP contribution in [0.3, 0.4) is 0 Å². The molecule has 2 heterocycles. The number of morpholine rings is 1. The van der Waals surface area contributed by atoms with E-state index in [-0.39, 0.29) is 0 Å². The van der Waals surface area contributed by atoms with Crippen molar-refractivity contribution >= 4 is 0 Å². The first kappa shape index (κ1) is 7.63. The molecule has 2 rings (SSSR count). The standard InChI is InChI=1S/C6H10N5O/c1-3-12-4-2-11(1)5-6-7-9-10-8-6/h1-5H2/q-1/p+1. The number of tetrazole rings is 1. The zero-order chi connectivity index (χ0) is 8.23. The van der Waals surface area contributed by atoms with Gasteiger partial charge >= 0.3 is 0 Å². The lowest BCUT2D eigenvalue weighted by Gasteiger charge is -2.23. The molecule has 0 amide bonds. The Morgan fingerprint density at radius 1 is 1.42 bits per heavy atom. The number of hydrogen-bond acceptors (Lipinski definition) is 4. The highest BCUT2D eigenvalue weighted by Gasteiger charge is 2.13. The van der Waals surface area contributed by atoms with E-state index in [0.717, 1.165) is 38.7 Å². The molecule has 0 aliphatic carbocycles. The van der Waals surface area contributed by atoms with E-state index in [1.807, 2.05) is 0 Å². The molecule has 66 valence electrons. The van der Waals surface area contributed by atoms with E-state index >= 15 is 0 Å². The van der Waals surface area contributed by atoms with Crippen molar-refractivity contribution in [1.29, 1.82) is 0 Å². The quantitative estimate of drug-likeness (QED) is 0.519. The maximum Gasteiger partial charge on any atom is 0.110 e. The fourth-order valence-corrected chi connectivity index (χ4v) is 1.29. The molecule has 1 saturated heterocycles. The molecule has 1 fully saturated rings. The number of ether oxygens (including phenoxy) is 1. The van der Waals surface area contributed by atoms with Gasteiger partial charge < -0.3 is 14.7 Å². The molecule has 1 aliphatic rings. The Morgan fingerprint density at radius 3 is 2.92 bits per heavy atom. The molecule has 6 heteroatoms. The third-order valence-corrected chi connectivity index (χ3v) is 1.97. The Balaban J connectivity index is 1.86. The highest BCUT2D eigenvalue weighted by Crippen LogP contribution is 1.79. The molecule has 1 N–H and O–H groups in total. The van der Waals surface area contributed by atoms with Gasteiger partial charge in [-0.3, -0.25) is 10.3 Å². The van der Waals surface area contributed by atoms with Gasteiger partial charge in [0.25, 0.3) is 0 Å². The predicted molar refractivity (Wildman–Crippen MR) is 38.4 cm³/mol. The van der Waals surface area contributed by atoms with Gasteiger partial charge in [0.1, 0.15) is 19.6 Å². The fourth-order valence-electron chi connectivity index (χ4n) is 1.29. The van der Waals surface area contributed by atoms with Gasteiger partial charge in [-0.15, -0.1) is 0 Å². The van der Waals surface area contributed by atoms with E-state index in [1.54, 1.807) is 0 Å². The summed E-state index contributed by atoms with van der Waals surface area (Å²) in [6.45, 7) is 4.52. The van der Waals surface area contributed by atoms with Crippen molar-refractivity contribution in [3.63, 3.8) is 0 Å². The van der Waals surface area contributed by atoms with Crippen molar-refractivity contribution in [2.75, 3.05) is 26.3 Å². The van der Waals surface area contributed by atoms with Gasteiger partial charge in [0.2, 0.25) is 0 Å². The molecule has 0 unspecified atom stereocenters. The van der Waals surface area contributed by atoms with Crippen LogP contribution in [0.4, 0.5) is 0 Å². The average Bonchev–Trinajstić information content (AvgIpc) is 2.59. The molecular formula is C6H11N5O. The molecule has 1 aliphatic heterocycles. The van der Waals surface area contributed by atoms with Crippen molar-refractivity contribution < 1.29 is 9.64 Å². The summed E-state index contributed by atoms with van der Waals surface area (Å²) in [4.78, 5) is 1.44. The van der Waals surface area contributed by atoms with Gasteiger partial charge in [-0.2, -0.15) is 5.21 Å². The smallest absolute Gasteiger partial charge is 0.110 e. The van der Waals surface area contributed by atoms with Gasteiger partial charge in [0, 0.05) is 0 Å². The lowest BCUT2D eigenvalue weighted by atomic mass is 10.4. The summed E-state index contributed by atoms with van der Waals surface area (Å²) < 4.78 is 5.23. The maximum atomic E-state index is 5.23. The van der Waals surface area contributed by atoms with Crippen LogP contribution in [-0.2, 0) is 11.3 Å². The Morgan fingerprint density at radius 2 is 2.25 bits per heavy atom. The van der Waals surface area contributed by atoms with Gasteiger partial charge in [0.05, 0.1) is 19.0 Å². The second kappa shape index (κ2) is 3.59. The molecule has 0 aromatic carbocycles. The zero-order valence-corrected chi connectivity index (χ0v) is 6.73. The molecule has 1 aromatic heterocycles. The predicted octanol–water partition coefficient (Wildman–Crippen LogP) is -2.76. The fraction of sp³-hybridized carbons (Fsp3) is 0.833. The molecule has 6 nitrogen and oxygen atoms in total. The van der Waals surface area contributed by atoms with E-state index in [1.165, 1.54) is 4.90 Å². The zero-order valence-electron chi connectivity index (χ0n) is 6.73. The van der Waals surface area contributed by atoms with Crippen LogP contribution < -0.4 is 10.00 Å². The summed E-state index contributed by atoms with van der Waals surface area (Å²) in [6.07, 6.45) is 0. The summed E-state index contributed by atoms with van der Waals surface area (Å²) in [5.41, 5.74) is 0. The van der Waals surface area contributed by atoms with Crippen LogP contribution in [0.5, 0.6) is 0 Å². The van der Waals surface area contributed by atoms with Crippen molar-refractivity contribution in [2.24, 2.45) is 0 Å². The molecule has 0 atom stereocenters. The van der Waals surface area contributed by atoms with Crippen LogP contribution >= 0.6 is 0 Å². The van der Waals surface area contributed by atoms with E-state index in [2.05, 4.69) is 20.6 Å². The van der Waals surface area contributed by atoms with Gasteiger partial charge in [0.15, 0.2) is 0 Å². The van der Waals surface area contributed by atoms with Crippen LogP contribution in [0.15, 0.2) is 0 Å². The third-order valence-electron chi connectivity index (χ3n) is 1.97. The number of aromatic nitrogens is 4. The first-order valence-electron chi connectivity index (χ1n) is 4.04. The van der Waals surface area contributed by atoms with Crippen LogP contribution in [0.25, 0.3) is 0 Å². The lowest BCUT2D eigenvalue weighted by molar-refractivity contribution is -0.922. The van der Waals surface area contributed by atoms with Gasteiger partial charge in [-0.1, -0.05) is 0 Å².